The number of rotatable bonds is 6. The molecule has 0 aromatic rings. The molecule has 1 aliphatic heterocycles. The molecule has 1 aliphatic rings. The van der Waals surface area contributed by atoms with Crippen molar-refractivity contribution < 1.29 is 139 Å². The summed E-state index contributed by atoms with van der Waals surface area (Å²) in [5.74, 6) is -5.98. The number of hydrazine groups is 1. The summed E-state index contributed by atoms with van der Waals surface area (Å²) in [6, 6.07) is -0.501. The van der Waals surface area contributed by atoms with E-state index in [9.17, 15) is 34.5 Å². The Bertz CT molecular complexity index is 435. The summed E-state index contributed by atoms with van der Waals surface area (Å²) in [5.41, 5.74) is 4.33. The Balaban J connectivity index is -0.0000000712. The summed E-state index contributed by atoms with van der Waals surface area (Å²) in [6.45, 7) is 2.41. The third kappa shape index (κ3) is 21.0. The van der Waals surface area contributed by atoms with Gasteiger partial charge in [0.2, 0.25) is 0 Å². The van der Waals surface area contributed by atoms with E-state index < -0.39 is 42.4 Å². The maximum absolute atomic E-state index is 10.2. The Morgan fingerprint density at radius 1 is 1.04 bits per heavy atom. The molecule has 9 N–H and O–H groups in total. The van der Waals surface area contributed by atoms with Crippen molar-refractivity contribution in [1.82, 2.24) is 15.8 Å². The number of amides is 2. The van der Waals surface area contributed by atoms with Crippen molar-refractivity contribution in [2.24, 2.45) is 5.73 Å². The van der Waals surface area contributed by atoms with Crippen molar-refractivity contribution in [2.45, 2.75) is 18.4 Å². The van der Waals surface area contributed by atoms with Crippen LogP contribution in [0.5, 0.6) is 0 Å². The Morgan fingerprint density at radius 3 is 1.67 bits per heavy atom. The fourth-order valence-electron chi connectivity index (χ4n) is 1.44. The number of carbonyl (C=O) groups excluding carboxylic acids is 4. The molecule has 142 valence electrons. The van der Waals surface area contributed by atoms with Gasteiger partial charge in [0.15, 0.2) is 0 Å². The average molecular weight is 424 g/mol. The number of nitrogens with two attached hydrogens (primary N) is 1. The molecular formula is C10H19N4Na3O10. The molecule has 17 heteroatoms. The summed E-state index contributed by atoms with van der Waals surface area (Å²) >= 11 is 0. The van der Waals surface area contributed by atoms with Crippen molar-refractivity contribution in [3.05, 3.63) is 0 Å². The quantitative estimate of drug-likeness (QED) is 0.292. The van der Waals surface area contributed by atoms with Crippen molar-refractivity contribution in [3.63, 3.8) is 0 Å². The third-order valence-corrected chi connectivity index (χ3v) is 2.38. The van der Waals surface area contributed by atoms with Gasteiger partial charge in [0.1, 0.15) is 5.60 Å². The maximum atomic E-state index is 10.2. The van der Waals surface area contributed by atoms with Crippen LogP contribution < -0.4 is 120 Å². The Kier molecular flexibility index (Phi) is 32.8. The van der Waals surface area contributed by atoms with Gasteiger partial charge in [-0.25, -0.2) is 9.80 Å². The molecule has 27 heavy (non-hydrogen) atoms. The molecule has 1 heterocycles. The van der Waals surface area contributed by atoms with E-state index >= 15 is 0 Å². The molecule has 0 aromatic heterocycles. The van der Waals surface area contributed by atoms with Gasteiger partial charge in [-0.3, -0.25) is 5.43 Å². The van der Waals surface area contributed by atoms with Gasteiger partial charge < -0.3 is 56.8 Å². The number of carboxylic acids is 3. The van der Waals surface area contributed by atoms with Gasteiger partial charge in [0.25, 0.3) is 0 Å². The number of primary amides is 1. The smallest absolute Gasteiger partial charge is 0.550 e. The second-order valence-corrected chi connectivity index (χ2v) is 4.31. The zero-order valence-corrected chi connectivity index (χ0v) is 21.4. The molecule has 0 spiro atoms. The molecule has 0 radical (unpaired) electrons. The van der Waals surface area contributed by atoms with E-state index in [2.05, 4.69) is 10.7 Å². The van der Waals surface area contributed by atoms with E-state index in [-0.39, 0.29) is 99.6 Å². The number of aliphatic carboxylic acids is 3. The van der Waals surface area contributed by atoms with Crippen LogP contribution >= 0.6 is 0 Å². The Hall–Kier alpha value is 0.480. The minimum atomic E-state index is -2.97. The van der Waals surface area contributed by atoms with Gasteiger partial charge >= 0.3 is 94.7 Å². The molecule has 1 saturated heterocycles. The summed E-state index contributed by atoms with van der Waals surface area (Å²) in [4.78, 5) is 40.2. The predicted octanol–water partition coefficient (Wildman–Crippen LogP) is -17.5. The SMILES string of the molecule is NC(=O)NN1CCNC1.O.O.O=C([O-])CC(O)(CC(=O)[O-])C(=O)[O-].[Na+].[Na+].[Na+]. The van der Waals surface area contributed by atoms with Crippen molar-refractivity contribution in [1.29, 1.82) is 0 Å². The first kappa shape index (κ1) is 41.8. The average Bonchev–Trinajstić information content (AvgIpc) is 2.79. The number of carboxylic acid groups (broad SMARTS) is 3. The topological polar surface area (TPSA) is 274 Å². The minimum Gasteiger partial charge on any atom is -0.550 e. The zero-order valence-electron chi connectivity index (χ0n) is 15.4. The number of aliphatic hydroxyl groups is 1. The normalized spacial score (nSPS) is 11.9. The predicted molar refractivity (Wildman–Crippen MR) is 68.7 cm³/mol. The van der Waals surface area contributed by atoms with Crippen molar-refractivity contribution >= 4 is 23.9 Å². The van der Waals surface area contributed by atoms with Gasteiger partial charge in [0.05, 0.1) is 12.6 Å². The number of nitrogens with zero attached hydrogens (tertiary/aromatic N) is 1. The zero-order chi connectivity index (χ0) is 17.3. The van der Waals surface area contributed by atoms with Crippen LogP contribution in [0.1, 0.15) is 12.8 Å². The standard InChI is InChI=1S/C6H8O7.C4H10N4O.3Na.2H2O/c7-3(8)1-6(13,5(11)12)2-4(9)10;5-4(9)7-8-2-1-6-3-8;;;;;/h13H,1-2H2,(H,7,8)(H,9,10)(H,11,12);6H,1-3H2,(H3,5,7,9);;;;2*1H2/q;;3*+1;;/p-3. The molecule has 1 fully saturated rings. The molecule has 0 aromatic carbocycles. The van der Waals surface area contributed by atoms with Crippen LogP contribution in [0.4, 0.5) is 4.79 Å². The maximum Gasteiger partial charge on any atom is 1.00 e. The number of nitrogens with one attached hydrogen (secondary N) is 2. The molecule has 2 amide bonds. The van der Waals surface area contributed by atoms with Gasteiger partial charge in [-0.2, -0.15) is 0 Å². The molecule has 0 bridgehead atoms. The molecular weight excluding hydrogens is 405 g/mol. The first-order chi connectivity index (χ1) is 10.1. The van der Waals surface area contributed by atoms with Gasteiger partial charge in [-0.15, -0.1) is 0 Å². The summed E-state index contributed by atoms with van der Waals surface area (Å²) < 4.78 is 0. The molecule has 14 nitrogen and oxygen atoms in total. The first-order valence-corrected chi connectivity index (χ1v) is 5.92. The number of hydrogen-bond acceptors (Lipinski definition) is 10. The molecule has 0 saturated carbocycles. The fraction of sp³-hybridized carbons (Fsp3) is 0.600. The summed E-state index contributed by atoms with van der Waals surface area (Å²) in [7, 11) is 0. The van der Waals surface area contributed by atoms with E-state index in [4.69, 9.17) is 10.8 Å². The number of hydrogen-bond donors (Lipinski definition) is 4. The van der Waals surface area contributed by atoms with E-state index in [0.29, 0.717) is 6.67 Å². The van der Waals surface area contributed by atoms with E-state index in [1.165, 1.54) is 0 Å². The van der Waals surface area contributed by atoms with Crippen LogP contribution in [0, 0.1) is 0 Å². The van der Waals surface area contributed by atoms with Crippen LogP contribution in [0.25, 0.3) is 0 Å². The number of urea groups is 1. The van der Waals surface area contributed by atoms with E-state index in [1.807, 2.05) is 0 Å². The Morgan fingerprint density at radius 2 is 1.44 bits per heavy atom. The van der Waals surface area contributed by atoms with Crippen molar-refractivity contribution in [3.8, 4) is 0 Å². The summed E-state index contributed by atoms with van der Waals surface area (Å²) in [5, 5.41) is 43.7. The monoisotopic (exact) mass is 424 g/mol. The van der Waals surface area contributed by atoms with Crippen LogP contribution in [-0.2, 0) is 14.4 Å². The van der Waals surface area contributed by atoms with Gasteiger partial charge in [-0.1, -0.05) is 0 Å². The van der Waals surface area contributed by atoms with Crippen LogP contribution in [0.2, 0.25) is 0 Å². The van der Waals surface area contributed by atoms with Crippen LogP contribution in [0.3, 0.4) is 0 Å². The summed E-state index contributed by atoms with van der Waals surface area (Å²) in [6.07, 6.45) is -2.72. The second-order valence-electron chi connectivity index (χ2n) is 4.31. The van der Waals surface area contributed by atoms with Gasteiger partial charge in [-0.05, 0) is 0 Å². The molecule has 1 rings (SSSR count). The number of carbonyl (C=O) groups is 4. The van der Waals surface area contributed by atoms with Crippen LogP contribution in [-0.4, -0.2) is 70.4 Å². The fourth-order valence-corrected chi connectivity index (χ4v) is 1.44. The van der Waals surface area contributed by atoms with E-state index in [0.717, 1.165) is 13.1 Å². The van der Waals surface area contributed by atoms with Gasteiger partial charge in [0, 0.05) is 37.9 Å². The third-order valence-electron chi connectivity index (χ3n) is 2.38. The van der Waals surface area contributed by atoms with Crippen LogP contribution in [0.15, 0.2) is 0 Å². The molecule has 0 atom stereocenters. The van der Waals surface area contributed by atoms with Crippen molar-refractivity contribution in [2.75, 3.05) is 19.8 Å². The second kappa shape index (κ2) is 21.2. The minimum absolute atomic E-state index is 0. The van der Waals surface area contributed by atoms with E-state index in [1.54, 1.807) is 5.01 Å². The molecule has 0 unspecified atom stereocenters. The first-order valence-electron chi connectivity index (χ1n) is 5.92. The Labute approximate surface area is 220 Å². The largest absolute Gasteiger partial charge is 1.00 e. The molecule has 0 aliphatic carbocycles.